The van der Waals surface area contributed by atoms with Crippen LogP contribution in [0.4, 0.5) is 0 Å². The Morgan fingerprint density at radius 3 is 1.92 bits per heavy atom. The molecule has 0 bridgehead atoms. The minimum atomic E-state index is 0.484. The van der Waals surface area contributed by atoms with E-state index in [0.717, 1.165) is 66.7 Å². The summed E-state index contributed by atoms with van der Waals surface area (Å²) in [4.78, 5) is 0. The standard InChI is InChI=1S/C47H34N4/c1-3-14-37-38-20-5-8-25-44(38)50(43(37)15-4-2)31-42-33(29-48)17-12-23-36(42)41-24-13-18-34(30-49)47(41)32-16-11-19-35(28-32)51-45-26-9-6-21-39(45)40-22-7-10-27-46(40)51/h3-14,16-28H,2,15,31H2,1H3/b14-3-. The van der Waals surface area contributed by atoms with Crippen LogP contribution >= 0.6 is 0 Å². The van der Waals surface area contributed by atoms with Gasteiger partial charge in [-0.1, -0.05) is 109 Å². The molecule has 0 aliphatic heterocycles. The van der Waals surface area contributed by atoms with E-state index >= 15 is 0 Å². The Kier molecular flexibility index (Phi) is 8.13. The quantitative estimate of drug-likeness (QED) is 0.153. The first-order valence-electron chi connectivity index (χ1n) is 17.1. The molecule has 0 aliphatic carbocycles. The lowest BCUT2D eigenvalue weighted by molar-refractivity contribution is 0.787. The molecule has 6 aromatic carbocycles. The topological polar surface area (TPSA) is 57.4 Å². The maximum absolute atomic E-state index is 10.5. The number of rotatable bonds is 8. The van der Waals surface area contributed by atoms with Crippen molar-refractivity contribution in [1.29, 1.82) is 10.5 Å². The van der Waals surface area contributed by atoms with Gasteiger partial charge in [-0.15, -0.1) is 6.58 Å². The highest BCUT2D eigenvalue weighted by Crippen LogP contribution is 2.40. The van der Waals surface area contributed by atoms with Gasteiger partial charge >= 0.3 is 0 Å². The fourth-order valence-electron chi connectivity index (χ4n) is 7.73. The summed E-state index contributed by atoms with van der Waals surface area (Å²) in [5.74, 6) is 0. The Morgan fingerprint density at radius 1 is 0.647 bits per heavy atom. The van der Waals surface area contributed by atoms with E-state index in [2.05, 4.69) is 149 Å². The molecule has 0 radical (unpaired) electrons. The summed E-state index contributed by atoms with van der Waals surface area (Å²) in [7, 11) is 0. The van der Waals surface area contributed by atoms with Crippen LogP contribution in [0.15, 0.2) is 152 Å². The Balaban J connectivity index is 1.35. The minimum absolute atomic E-state index is 0.484. The van der Waals surface area contributed by atoms with Crippen molar-refractivity contribution in [2.75, 3.05) is 0 Å². The number of nitriles is 2. The molecule has 242 valence electrons. The fourth-order valence-corrected chi connectivity index (χ4v) is 7.73. The maximum atomic E-state index is 10.5. The highest BCUT2D eigenvalue weighted by atomic mass is 15.0. The van der Waals surface area contributed by atoms with Crippen molar-refractivity contribution in [1.82, 2.24) is 9.13 Å². The van der Waals surface area contributed by atoms with Crippen LogP contribution in [0.1, 0.15) is 34.9 Å². The number of fused-ring (bicyclic) bond motifs is 4. The molecule has 51 heavy (non-hydrogen) atoms. The van der Waals surface area contributed by atoms with Crippen LogP contribution in [0, 0.1) is 22.7 Å². The summed E-state index contributed by atoms with van der Waals surface area (Å²) in [5.41, 5.74) is 12.4. The van der Waals surface area contributed by atoms with Crippen molar-refractivity contribution < 1.29 is 0 Å². The highest BCUT2D eigenvalue weighted by Gasteiger charge is 2.21. The third kappa shape index (κ3) is 5.23. The van der Waals surface area contributed by atoms with Gasteiger partial charge in [-0.05, 0) is 71.6 Å². The molecule has 0 saturated carbocycles. The van der Waals surface area contributed by atoms with Crippen LogP contribution in [-0.4, -0.2) is 9.13 Å². The molecule has 4 heteroatoms. The van der Waals surface area contributed by atoms with Crippen LogP contribution < -0.4 is 0 Å². The largest absolute Gasteiger partial charge is 0.339 e. The molecule has 8 rings (SSSR count). The minimum Gasteiger partial charge on any atom is -0.339 e. The monoisotopic (exact) mass is 654 g/mol. The lowest BCUT2D eigenvalue weighted by Crippen LogP contribution is -2.08. The molecule has 0 saturated heterocycles. The number of para-hydroxylation sites is 3. The van der Waals surface area contributed by atoms with Gasteiger partial charge in [-0.2, -0.15) is 10.5 Å². The Labute approximate surface area is 297 Å². The molecule has 0 unspecified atom stereocenters. The van der Waals surface area contributed by atoms with Gasteiger partial charge in [0, 0.05) is 57.1 Å². The number of hydrogen-bond acceptors (Lipinski definition) is 2. The number of benzene rings is 6. The van der Waals surface area contributed by atoms with E-state index in [-0.39, 0.29) is 0 Å². The SMILES string of the molecule is C=CCc1c(/C=C\C)c2ccccc2n1Cc1c(C#N)cccc1-c1cccc(C#N)c1-c1cccc(-n2c3ccccc3c3ccccc32)c1. The second-order valence-corrected chi connectivity index (χ2v) is 12.7. The van der Waals surface area contributed by atoms with Crippen LogP contribution in [0.5, 0.6) is 0 Å². The van der Waals surface area contributed by atoms with E-state index in [1.54, 1.807) is 0 Å². The molecule has 8 aromatic rings. The van der Waals surface area contributed by atoms with Crippen LogP contribution in [0.25, 0.3) is 66.7 Å². The normalized spacial score (nSPS) is 11.4. The van der Waals surface area contributed by atoms with E-state index in [1.807, 2.05) is 37.3 Å². The highest BCUT2D eigenvalue weighted by molar-refractivity contribution is 6.09. The van der Waals surface area contributed by atoms with E-state index in [4.69, 9.17) is 0 Å². The Morgan fingerprint density at radius 2 is 1.25 bits per heavy atom. The van der Waals surface area contributed by atoms with Crippen LogP contribution in [-0.2, 0) is 13.0 Å². The molecular formula is C47H34N4. The van der Waals surface area contributed by atoms with Crippen molar-refractivity contribution in [2.24, 2.45) is 0 Å². The predicted octanol–water partition coefficient (Wildman–Crippen LogP) is 11.6. The van der Waals surface area contributed by atoms with Gasteiger partial charge < -0.3 is 9.13 Å². The number of hydrogen-bond donors (Lipinski definition) is 0. The average molecular weight is 655 g/mol. The molecule has 0 N–H and O–H groups in total. The first-order valence-corrected chi connectivity index (χ1v) is 17.1. The van der Waals surface area contributed by atoms with Crippen LogP contribution in [0.3, 0.4) is 0 Å². The molecule has 2 heterocycles. The van der Waals surface area contributed by atoms with Crippen molar-refractivity contribution in [3.8, 4) is 40.1 Å². The number of allylic oxidation sites excluding steroid dienone is 2. The van der Waals surface area contributed by atoms with Gasteiger partial charge in [0.25, 0.3) is 0 Å². The Hall–Kier alpha value is -6.88. The van der Waals surface area contributed by atoms with Gasteiger partial charge in [-0.3, -0.25) is 0 Å². The molecule has 0 spiro atoms. The predicted molar refractivity (Wildman–Crippen MR) is 211 cm³/mol. The van der Waals surface area contributed by atoms with Gasteiger partial charge in [0.05, 0.1) is 34.3 Å². The van der Waals surface area contributed by atoms with Gasteiger partial charge in [0.2, 0.25) is 0 Å². The number of nitrogens with zero attached hydrogens (tertiary/aromatic N) is 4. The summed E-state index contributed by atoms with van der Waals surface area (Å²) in [6.45, 7) is 6.59. The third-order valence-corrected chi connectivity index (χ3v) is 9.85. The smallest absolute Gasteiger partial charge is 0.0998 e. The summed E-state index contributed by atoms with van der Waals surface area (Å²) in [6.07, 6.45) is 6.85. The first-order chi connectivity index (χ1) is 25.2. The third-order valence-electron chi connectivity index (χ3n) is 9.85. The summed E-state index contributed by atoms with van der Waals surface area (Å²) < 4.78 is 4.62. The summed E-state index contributed by atoms with van der Waals surface area (Å²) in [6, 6.07) is 50.6. The van der Waals surface area contributed by atoms with E-state index in [9.17, 15) is 10.5 Å². The lowest BCUT2D eigenvalue weighted by atomic mass is 9.87. The second kappa shape index (κ2) is 13.2. The zero-order chi connectivity index (χ0) is 34.9. The molecule has 0 aliphatic rings. The van der Waals surface area contributed by atoms with E-state index < -0.39 is 0 Å². The zero-order valence-electron chi connectivity index (χ0n) is 28.3. The lowest BCUT2D eigenvalue weighted by Gasteiger charge is -2.19. The molecule has 0 amide bonds. The maximum Gasteiger partial charge on any atom is 0.0998 e. The average Bonchev–Trinajstić information content (AvgIpc) is 3.67. The zero-order valence-corrected chi connectivity index (χ0v) is 28.3. The molecule has 0 atom stereocenters. The fraction of sp³-hybridized carbons (Fsp3) is 0.0638. The Bertz CT molecular complexity index is 2700. The van der Waals surface area contributed by atoms with Gasteiger partial charge in [0.1, 0.15) is 0 Å². The number of aromatic nitrogens is 2. The van der Waals surface area contributed by atoms with Gasteiger partial charge in [0.15, 0.2) is 0 Å². The van der Waals surface area contributed by atoms with Crippen molar-refractivity contribution in [3.63, 3.8) is 0 Å². The van der Waals surface area contributed by atoms with Crippen molar-refractivity contribution in [3.05, 3.63) is 180 Å². The van der Waals surface area contributed by atoms with Crippen molar-refractivity contribution in [2.45, 2.75) is 19.9 Å². The molecule has 2 aromatic heterocycles. The molecular weight excluding hydrogens is 621 g/mol. The molecule has 0 fully saturated rings. The second-order valence-electron chi connectivity index (χ2n) is 12.7. The summed E-state index contributed by atoms with van der Waals surface area (Å²) in [5, 5.41) is 24.6. The van der Waals surface area contributed by atoms with E-state index in [0.29, 0.717) is 24.1 Å². The first kappa shape index (κ1) is 31.4. The van der Waals surface area contributed by atoms with Crippen molar-refractivity contribution >= 4 is 38.8 Å². The van der Waals surface area contributed by atoms with Gasteiger partial charge in [-0.25, -0.2) is 0 Å². The van der Waals surface area contributed by atoms with E-state index in [1.165, 1.54) is 10.8 Å². The summed E-state index contributed by atoms with van der Waals surface area (Å²) >= 11 is 0. The van der Waals surface area contributed by atoms with Crippen LogP contribution in [0.2, 0.25) is 0 Å². The molecule has 4 nitrogen and oxygen atoms in total.